The number of carbonyl (C=O) groups excluding carboxylic acids is 1. The molecule has 0 saturated carbocycles. The maximum absolute atomic E-state index is 13.4. The van der Waals surface area contributed by atoms with Crippen molar-refractivity contribution in [1.82, 2.24) is 5.43 Å². The zero-order valence-electron chi connectivity index (χ0n) is 11.9. The summed E-state index contributed by atoms with van der Waals surface area (Å²) in [6.45, 7) is 1.72. The van der Waals surface area contributed by atoms with Gasteiger partial charge in [0.25, 0.3) is 5.91 Å². The highest BCUT2D eigenvalue weighted by Gasteiger charge is 2.04. The minimum absolute atomic E-state index is 0.301. The Labute approximate surface area is 136 Å². The fourth-order valence-corrected chi connectivity index (χ4v) is 2.09. The fraction of sp³-hybridized carbons (Fsp3) is 0.0588. The average Bonchev–Trinajstić information content (AvgIpc) is 2.52. The van der Waals surface area contributed by atoms with E-state index >= 15 is 0 Å². The molecular weight excluding hydrogens is 347 g/mol. The van der Waals surface area contributed by atoms with E-state index in [-0.39, 0.29) is 11.7 Å². The predicted octanol–water partition coefficient (Wildman–Crippen LogP) is 4.41. The molecule has 0 atom stereocenters. The molecule has 0 spiro atoms. The molecule has 0 fully saturated rings. The van der Waals surface area contributed by atoms with Crippen molar-refractivity contribution in [2.45, 2.75) is 6.92 Å². The summed E-state index contributed by atoms with van der Waals surface area (Å²) in [5.41, 5.74) is 3.99. The number of amides is 1. The molecule has 2 aromatic carbocycles. The standard InChI is InChI=1S/C17H14BrFN2O/c1-12(9-10-13-5-2-3-8-16(13)19)20-21-17(22)14-6-4-7-15(18)11-14/h2-11H,1H3,(H,21,22)/b10-9+,20-12-. The fourth-order valence-electron chi connectivity index (χ4n) is 1.69. The molecule has 0 saturated heterocycles. The van der Waals surface area contributed by atoms with Gasteiger partial charge in [-0.15, -0.1) is 0 Å². The average molecular weight is 361 g/mol. The van der Waals surface area contributed by atoms with Crippen molar-refractivity contribution in [2.75, 3.05) is 0 Å². The van der Waals surface area contributed by atoms with E-state index in [0.29, 0.717) is 16.8 Å². The maximum atomic E-state index is 13.4. The van der Waals surface area contributed by atoms with E-state index in [1.807, 2.05) is 6.07 Å². The quantitative estimate of drug-likeness (QED) is 0.636. The Kier molecular flexibility index (Phi) is 5.61. The Morgan fingerprint density at radius 3 is 2.73 bits per heavy atom. The van der Waals surface area contributed by atoms with Crippen LogP contribution in [0.3, 0.4) is 0 Å². The van der Waals surface area contributed by atoms with Crippen LogP contribution >= 0.6 is 15.9 Å². The van der Waals surface area contributed by atoms with Crippen molar-refractivity contribution in [2.24, 2.45) is 5.10 Å². The third kappa shape index (κ3) is 4.63. The molecule has 0 heterocycles. The first-order valence-corrected chi connectivity index (χ1v) is 7.38. The Bertz CT molecular complexity index is 741. The summed E-state index contributed by atoms with van der Waals surface area (Å²) in [7, 11) is 0. The number of hydrogen-bond donors (Lipinski definition) is 1. The summed E-state index contributed by atoms with van der Waals surface area (Å²) in [5, 5.41) is 3.97. The highest BCUT2D eigenvalue weighted by Crippen LogP contribution is 2.11. The third-order valence-corrected chi connectivity index (χ3v) is 3.32. The number of benzene rings is 2. The van der Waals surface area contributed by atoms with Crippen molar-refractivity contribution in [3.05, 3.63) is 76.0 Å². The number of nitrogens with one attached hydrogen (secondary N) is 1. The van der Waals surface area contributed by atoms with Gasteiger partial charge in [-0.05, 0) is 37.3 Å². The summed E-state index contributed by atoms with van der Waals surface area (Å²) < 4.78 is 14.3. The SMILES string of the molecule is CC(/C=C/c1ccccc1F)=N/NC(=O)c1cccc(Br)c1. The van der Waals surface area contributed by atoms with E-state index in [1.54, 1.807) is 55.5 Å². The zero-order valence-corrected chi connectivity index (χ0v) is 13.5. The highest BCUT2D eigenvalue weighted by atomic mass is 79.9. The van der Waals surface area contributed by atoms with Crippen LogP contribution in [0.5, 0.6) is 0 Å². The molecular formula is C17H14BrFN2O. The Morgan fingerprint density at radius 2 is 2.00 bits per heavy atom. The minimum Gasteiger partial charge on any atom is -0.267 e. The molecule has 0 aromatic heterocycles. The van der Waals surface area contributed by atoms with Gasteiger partial charge in [0.05, 0.1) is 5.71 Å². The lowest BCUT2D eigenvalue weighted by Crippen LogP contribution is -2.18. The maximum Gasteiger partial charge on any atom is 0.271 e. The monoisotopic (exact) mass is 360 g/mol. The summed E-state index contributed by atoms with van der Waals surface area (Å²) >= 11 is 3.31. The summed E-state index contributed by atoms with van der Waals surface area (Å²) in [6.07, 6.45) is 3.25. The smallest absolute Gasteiger partial charge is 0.267 e. The molecule has 0 unspecified atom stereocenters. The predicted molar refractivity (Wildman–Crippen MR) is 90.2 cm³/mol. The van der Waals surface area contributed by atoms with E-state index in [9.17, 15) is 9.18 Å². The number of halogens is 2. The first-order valence-electron chi connectivity index (χ1n) is 6.59. The molecule has 1 amide bonds. The van der Waals surface area contributed by atoms with E-state index in [2.05, 4.69) is 26.5 Å². The second-order valence-electron chi connectivity index (χ2n) is 4.56. The molecule has 0 aliphatic rings. The molecule has 0 bridgehead atoms. The van der Waals surface area contributed by atoms with Gasteiger partial charge in [-0.25, -0.2) is 9.82 Å². The van der Waals surface area contributed by atoms with Crippen LogP contribution in [0.2, 0.25) is 0 Å². The second-order valence-corrected chi connectivity index (χ2v) is 5.47. The van der Waals surface area contributed by atoms with Crippen LogP contribution in [0.25, 0.3) is 6.08 Å². The van der Waals surface area contributed by atoms with Gasteiger partial charge in [0.15, 0.2) is 0 Å². The highest BCUT2D eigenvalue weighted by molar-refractivity contribution is 9.10. The van der Waals surface area contributed by atoms with Gasteiger partial charge >= 0.3 is 0 Å². The van der Waals surface area contributed by atoms with Gasteiger partial charge in [0.1, 0.15) is 5.82 Å². The number of hydrogen-bond acceptors (Lipinski definition) is 2. The minimum atomic E-state index is -0.306. The van der Waals surface area contributed by atoms with Crippen LogP contribution in [-0.2, 0) is 0 Å². The topological polar surface area (TPSA) is 41.5 Å². The van der Waals surface area contributed by atoms with Crippen molar-refractivity contribution >= 4 is 33.6 Å². The molecule has 0 aliphatic heterocycles. The van der Waals surface area contributed by atoms with E-state index < -0.39 is 0 Å². The van der Waals surface area contributed by atoms with Gasteiger partial charge < -0.3 is 0 Å². The van der Waals surface area contributed by atoms with Crippen LogP contribution in [0.15, 0.2) is 64.2 Å². The number of nitrogens with zero attached hydrogens (tertiary/aromatic N) is 1. The lowest BCUT2D eigenvalue weighted by molar-refractivity contribution is 0.0955. The first kappa shape index (κ1) is 16.1. The number of allylic oxidation sites excluding steroid dienone is 1. The van der Waals surface area contributed by atoms with Crippen molar-refractivity contribution in [3.63, 3.8) is 0 Å². The van der Waals surface area contributed by atoms with Gasteiger partial charge in [0.2, 0.25) is 0 Å². The summed E-state index contributed by atoms with van der Waals surface area (Å²) in [6, 6.07) is 13.4. The van der Waals surface area contributed by atoms with Gasteiger partial charge in [-0.2, -0.15) is 5.10 Å². The van der Waals surface area contributed by atoms with Crippen LogP contribution in [0.4, 0.5) is 4.39 Å². The lowest BCUT2D eigenvalue weighted by atomic mass is 10.2. The van der Waals surface area contributed by atoms with Crippen LogP contribution in [-0.4, -0.2) is 11.6 Å². The molecule has 3 nitrogen and oxygen atoms in total. The molecule has 2 aromatic rings. The largest absolute Gasteiger partial charge is 0.271 e. The van der Waals surface area contributed by atoms with E-state index in [0.717, 1.165) is 4.47 Å². The normalized spacial score (nSPS) is 11.7. The second kappa shape index (κ2) is 7.66. The Hall–Kier alpha value is -2.27. The molecule has 0 radical (unpaired) electrons. The molecule has 5 heteroatoms. The third-order valence-electron chi connectivity index (χ3n) is 2.83. The van der Waals surface area contributed by atoms with E-state index in [1.165, 1.54) is 6.07 Å². The number of carbonyl (C=O) groups is 1. The molecule has 2 rings (SSSR count). The van der Waals surface area contributed by atoms with Crippen LogP contribution < -0.4 is 5.43 Å². The van der Waals surface area contributed by atoms with Gasteiger partial charge in [0, 0.05) is 15.6 Å². The number of hydrazone groups is 1. The summed E-state index contributed by atoms with van der Waals surface area (Å²) in [5.74, 6) is -0.607. The van der Waals surface area contributed by atoms with Crippen molar-refractivity contribution in [3.8, 4) is 0 Å². The number of rotatable bonds is 4. The zero-order chi connectivity index (χ0) is 15.9. The lowest BCUT2D eigenvalue weighted by Gasteiger charge is -2.01. The van der Waals surface area contributed by atoms with Crippen molar-refractivity contribution < 1.29 is 9.18 Å². The Balaban J connectivity index is 2.01. The molecule has 0 aliphatic carbocycles. The molecule has 1 N–H and O–H groups in total. The van der Waals surface area contributed by atoms with Gasteiger partial charge in [-0.3, -0.25) is 4.79 Å². The van der Waals surface area contributed by atoms with Crippen molar-refractivity contribution in [1.29, 1.82) is 0 Å². The molecule has 112 valence electrons. The molecule has 22 heavy (non-hydrogen) atoms. The van der Waals surface area contributed by atoms with E-state index in [4.69, 9.17) is 0 Å². The Morgan fingerprint density at radius 1 is 1.23 bits per heavy atom. The van der Waals surface area contributed by atoms with Crippen LogP contribution in [0, 0.1) is 5.82 Å². The summed E-state index contributed by atoms with van der Waals surface area (Å²) in [4.78, 5) is 11.9. The van der Waals surface area contributed by atoms with Crippen LogP contribution in [0.1, 0.15) is 22.8 Å². The van der Waals surface area contributed by atoms with Gasteiger partial charge in [-0.1, -0.05) is 46.3 Å². The first-order chi connectivity index (χ1) is 10.6.